The van der Waals surface area contributed by atoms with E-state index < -0.39 is 5.54 Å². The number of benzene rings is 2. The predicted octanol–water partition coefficient (Wildman–Crippen LogP) is 2.70. The molecule has 0 radical (unpaired) electrons. The normalized spacial score (nSPS) is 24.8. The van der Waals surface area contributed by atoms with E-state index in [9.17, 15) is 0 Å². The molecule has 0 saturated heterocycles. The molecule has 0 fully saturated rings. The van der Waals surface area contributed by atoms with Gasteiger partial charge in [-0.25, -0.2) is 0 Å². The van der Waals surface area contributed by atoms with Crippen molar-refractivity contribution in [3.05, 3.63) is 69.8 Å². The number of rotatable bonds is 1. The molecule has 2 aromatic carbocycles. The van der Waals surface area contributed by atoms with Crippen LogP contribution >= 0.6 is 0 Å². The van der Waals surface area contributed by atoms with E-state index in [4.69, 9.17) is 11.5 Å². The van der Waals surface area contributed by atoms with E-state index in [0.717, 1.165) is 12.0 Å². The average Bonchev–Trinajstić information content (AvgIpc) is 2.69. The number of nitrogens with two attached hydrogens (primary N) is 2. The highest BCUT2D eigenvalue weighted by Crippen LogP contribution is 2.41. The van der Waals surface area contributed by atoms with Crippen LogP contribution in [-0.2, 0) is 12.0 Å². The van der Waals surface area contributed by atoms with E-state index in [1.807, 2.05) is 0 Å². The smallest absolute Gasteiger partial charge is 0.0827 e. The summed E-state index contributed by atoms with van der Waals surface area (Å²) in [5.41, 5.74) is 20.2. The highest BCUT2D eigenvalue weighted by Gasteiger charge is 2.44. The monoisotopic (exact) mass is 266 g/mol. The van der Waals surface area contributed by atoms with Crippen molar-refractivity contribution >= 4 is 0 Å². The van der Waals surface area contributed by atoms with Crippen molar-refractivity contribution in [2.24, 2.45) is 11.5 Å². The maximum atomic E-state index is 6.83. The zero-order chi connectivity index (χ0) is 14.5. The second-order valence-corrected chi connectivity index (χ2v) is 6.02. The lowest BCUT2D eigenvalue weighted by molar-refractivity contribution is 0.453. The number of fused-ring (bicyclic) bond motifs is 1. The van der Waals surface area contributed by atoms with Crippen LogP contribution in [0.2, 0.25) is 0 Å². The molecule has 20 heavy (non-hydrogen) atoms. The summed E-state index contributed by atoms with van der Waals surface area (Å²) in [5, 5.41) is 0. The molecule has 0 aliphatic heterocycles. The van der Waals surface area contributed by atoms with Crippen molar-refractivity contribution in [2.75, 3.05) is 0 Å². The Balaban J connectivity index is 2.26. The molecule has 0 aromatic heterocycles. The molecule has 3 rings (SSSR count). The summed E-state index contributed by atoms with van der Waals surface area (Å²) < 4.78 is 0. The highest BCUT2D eigenvalue weighted by molar-refractivity contribution is 5.54. The van der Waals surface area contributed by atoms with Gasteiger partial charge < -0.3 is 11.5 Å². The fourth-order valence-corrected chi connectivity index (χ4v) is 3.45. The number of hydrogen-bond acceptors (Lipinski definition) is 2. The minimum atomic E-state index is -0.570. The van der Waals surface area contributed by atoms with Gasteiger partial charge >= 0.3 is 0 Å². The first kappa shape index (κ1) is 13.3. The Labute approximate surface area is 120 Å². The van der Waals surface area contributed by atoms with Gasteiger partial charge in [-0.1, -0.05) is 36.4 Å². The summed E-state index contributed by atoms with van der Waals surface area (Å²) >= 11 is 0. The van der Waals surface area contributed by atoms with Crippen LogP contribution in [0.5, 0.6) is 0 Å². The summed E-state index contributed by atoms with van der Waals surface area (Å²) in [4.78, 5) is 0. The molecule has 0 amide bonds. The topological polar surface area (TPSA) is 52.0 Å². The van der Waals surface area contributed by atoms with Gasteiger partial charge in [-0.2, -0.15) is 0 Å². The second-order valence-electron chi connectivity index (χ2n) is 6.02. The molecule has 4 N–H and O–H groups in total. The van der Waals surface area contributed by atoms with E-state index in [2.05, 4.69) is 57.2 Å². The molecule has 104 valence electrons. The number of aryl methyl sites for hydroxylation is 1. The van der Waals surface area contributed by atoms with Crippen molar-refractivity contribution in [1.82, 2.24) is 0 Å². The van der Waals surface area contributed by atoms with Crippen LogP contribution in [0.3, 0.4) is 0 Å². The van der Waals surface area contributed by atoms with Gasteiger partial charge in [0.2, 0.25) is 0 Å². The van der Waals surface area contributed by atoms with E-state index in [1.165, 1.54) is 27.8 Å². The van der Waals surface area contributed by atoms with Crippen molar-refractivity contribution in [3.63, 3.8) is 0 Å². The molecular weight excluding hydrogens is 244 g/mol. The van der Waals surface area contributed by atoms with Gasteiger partial charge in [0.25, 0.3) is 0 Å². The average molecular weight is 266 g/mol. The Morgan fingerprint density at radius 2 is 1.65 bits per heavy atom. The number of hydrogen-bond donors (Lipinski definition) is 2. The lowest BCUT2D eigenvalue weighted by atomic mass is 9.79. The standard InChI is InChI=1S/C18H22N2/c1-11-8-9-15(13(3)12(11)2)18(20)16-7-5-4-6-14(16)10-17(18)19/h4-9,17H,10,19-20H2,1-3H3. The molecule has 2 nitrogen and oxygen atoms in total. The van der Waals surface area contributed by atoms with Crippen molar-refractivity contribution < 1.29 is 0 Å². The lowest BCUT2D eigenvalue weighted by Gasteiger charge is -2.33. The quantitative estimate of drug-likeness (QED) is 0.834. The van der Waals surface area contributed by atoms with Crippen molar-refractivity contribution in [2.45, 2.75) is 38.8 Å². The van der Waals surface area contributed by atoms with Crippen LogP contribution in [0.15, 0.2) is 36.4 Å². The third kappa shape index (κ3) is 1.65. The fraction of sp³-hybridized carbons (Fsp3) is 0.333. The summed E-state index contributed by atoms with van der Waals surface area (Å²) in [5.74, 6) is 0. The van der Waals surface area contributed by atoms with Gasteiger partial charge in [0.15, 0.2) is 0 Å². The minimum absolute atomic E-state index is 0.0688. The molecule has 1 aliphatic rings. The summed E-state index contributed by atoms with van der Waals surface area (Å²) in [6.07, 6.45) is 0.846. The van der Waals surface area contributed by atoms with Crippen LogP contribution < -0.4 is 11.5 Å². The fourth-order valence-electron chi connectivity index (χ4n) is 3.45. The lowest BCUT2D eigenvalue weighted by Crippen LogP contribution is -2.51. The molecule has 0 heterocycles. The van der Waals surface area contributed by atoms with Crippen LogP contribution in [0, 0.1) is 20.8 Å². The Morgan fingerprint density at radius 1 is 0.950 bits per heavy atom. The minimum Gasteiger partial charge on any atom is -0.325 e. The zero-order valence-corrected chi connectivity index (χ0v) is 12.4. The predicted molar refractivity (Wildman–Crippen MR) is 83.7 cm³/mol. The van der Waals surface area contributed by atoms with Gasteiger partial charge in [0, 0.05) is 6.04 Å². The van der Waals surface area contributed by atoms with E-state index in [-0.39, 0.29) is 6.04 Å². The molecule has 2 atom stereocenters. The summed E-state index contributed by atoms with van der Waals surface area (Å²) in [7, 11) is 0. The maximum Gasteiger partial charge on any atom is 0.0827 e. The Bertz CT molecular complexity index is 675. The Hall–Kier alpha value is -1.64. The Kier molecular flexibility index (Phi) is 2.96. The molecule has 0 spiro atoms. The highest BCUT2D eigenvalue weighted by atomic mass is 14.9. The first-order valence-corrected chi connectivity index (χ1v) is 7.16. The van der Waals surface area contributed by atoms with Gasteiger partial charge in [-0.05, 0) is 60.6 Å². The Morgan fingerprint density at radius 3 is 2.40 bits per heavy atom. The third-order valence-corrected chi connectivity index (χ3v) is 4.99. The molecule has 0 bridgehead atoms. The largest absolute Gasteiger partial charge is 0.325 e. The van der Waals surface area contributed by atoms with Gasteiger partial charge in [-0.15, -0.1) is 0 Å². The van der Waals surface area contributed by atoms with Gasteiger partial charge in [0.1, 0.15) is 0 Å². The van der Waals surface area contributed by atoms with Crippen LogP contribution in [0.1, 0.15) is 33.4 Å². The molecule has 2 aromatic rings. The molecule has 1 aliphatic carbocycles. The zero-order valence-electron chi connectivity index (χ0n) is 12.4. The van der Waals surface area contributed by atoms with Gasteiger partial charge in [-0.3, -0.25) is 0 Å². The first-order chi connectivity index (χ1) is 9.46. The van der Waals surface area contributed by atoms with Crippen molar-refractivity contribution in [1.29, 1.82) is 0 Å². The first-order valence-electron chi connectivity index (χ1n) is 7.16. The third-order valence-electron chi connectivity index (χ3n) is 4.99. The molecule has 0 saturated carbocycles. The summed E-state index contributed by atoms with van der Waals surface area (Å²) in [6.45, 7) is 6.45. The van der Waals surface area contributed by atoms with E-state index >= 15 is 0 Å². The summed E-state index contributed by atoms with van der Waals surface area (Å²) in [6, 6.07) is 12.6. The molecule has 2 unspecified atom stereocenters. The van der Waals surface area contributed by atoms with E-state index in [0.29, 0.717) is 0 Å². The second kappa shape index (κ2) is 4.44. The van der Waals surface area contributed by atoms with Crippen LogP contribution in [0.4, 0.5) is 0 Å². The van der Waals surface area contributed by atoms with Crippen molar-refractivity contribution in [3.8, 4) is 0 Å². The van der Waals surface area contributed by atoms with Gasteiger partial charge in [0.05, 0.1) is 5.54 Å². The molecule has 2 heteroatoms. The SMILES string of the molecule is Cc1ccc(C2(N)c3ccccc3CC2N)c(C)c1C. The van der Waals surface area contributed by atoms with Crippen LogP contribution in [-0.4, -0.2) is 6.04 Å². The molecular formula is C18H22N2. The van der Waals surface area contributed by atoms with E-state index in [1.54, 1.807) is 0 Å². The van der Waals surface area contributed by atoms with Crippen LogP contribution in [0.25, 0.3) is 0 Å². The maximum absolute atomic E-state index is 6.83.